The normalized spacial score (nSPS) is 18.2. The molecule has 1 aliphatic rings. The third kappa shape index (κ3) is 6.90. The Labute approximate surface area is 139 Å². The molecule has 0 saturated carbocycles. The highest BCUT2D eigenvalue weighted by Gasteiger charge is 2.17. The Morgan fingerprint density at radius 2 is 2.05 bits per heavy atom. The Kier molecular flexibility index (Phi) is 12.5. The zero-order chi connectivity index (χ0) is 12.1. The van der Waals surface area contributed by atoms with Crippen molar-refractivity contribution >= 4 is 43.0 Å². The van der Waals surface area contributed by atoms with Gasteiger partial charge in [-0.2, -0.15) is 0 Å². The maximum atomic E-state index is 5.66. The van der Waals surface area contributed by atoms with Crippen LogP contribution in [0.2, 0.25) is 0 Å². The van der Waals surface area contributed by atoms with Crippen LogP contribution in [0, 0.1) is 0 Å². The smallest absolute Gasteiger partial charge is 0.144 e. The van der Waals surface area contributed by atoms with Gasteiger partial charge in [-0.25, -0.2) is 9.97 Å². The Hall–Kier alpha value is -0.330. The summed E-state index contributed by atoms with van der Waals surface area (Å²) in [5, 5.41) is 3.43. The van der Waals surface area contributed by atoms with E-state index in [1.54, 1.807) is 12.3 Å². The van der Waals surface area contributed by atoms with E-state index in [0.29, 0.717) is 11.9 Å². The van der Waals surface area contributed by atoms with Crippen LogP contribution >= 0.6 is 37.2 Å². The minimum absolute atomic E-state index is 0. The second-order valence-corrected chi connectivity index (χ2v) is 4.65. The molecule has 8 heteroatoms. The molecule has 20 heavy (non-hydrogen) atoms. The van der Waals surface area contributed by atoms with Crippen molar-refractivity contribution in [3.63, 3.8) is 0 Å². The van der Waals surface area contributed by atoms with Gasteiger partial charge in [-0.3, -0.25) is 4.90 Å². The molecule has 0 amide bonds. The van der Waals surface area contributed by atoms with Gasteiger partial charge in [0.15, 0.2) is 0 Å². The summed E-state index contributed by atoms with van der Waals surface area (Å²) in [6, 6.07) is 2.34. The van der Waals surface area contributed by atoms with E-state index in [2.05, 4.69) is 27.2 Å². The van der Waals surface area contributed by atoms with Crippen molar-refractivity contribution in [3.8, 4) is 0 Å². The Morgan fingerprint density at radius 1 is 1.30 bits per heavy atom. The number of aromatic nitrogens is 2. The average Bonchev–Trinajstić information content (AvgIpc) is 2.57. The van der Waals surface area contributed by atoms with Crippen LogP contribution in [0.15, 0.2) is 12.3 Å². The third-order valence-electron chi connectivity index (χ3n) is 3.29. The number of anilines is 1. The predicted octanol–water partition coefficient (Wildman–Crippen LogP) is 1.90. The van der Waals surface area contributed by atoms with Gasteiger partial charge in [0.1, 0.15) is 11.6 Å². The van der Waals surface area contributed by atoms with Crippen LogP contribution in [0.5, 0.6) is 0 Å². The van der Waals surface area contributed by atoms with Gasteiger partial charge < -0.3 is 11.1 Å². The summed E-state index contributed by atoms with van der Waals surface area (Å²) in [6.07, 6.45) is 5.40. The molecule has 0 spiro atoms. The SMILES string of the molecule is CN(Cc1nccc(N)n1)C1CCCNCC1.Cl.Cl.Cl. The summed E-state index contributed by atoms with van der Waals surface area (Å²) >= 11 is 0. The molecule has 5 nitrogen and oxygen atoms in total. The Balaban J connectivity index is 0. The molecule has 0 aliphatic carbocycles. The minimum Gasteiger partial charge on any atom is -0.384 e. The van der Waals surface area contributed by atoms with Crippen molar-refractivity contribution in [2.45, 2.75) is 31.8 Å². The fourth-order valence-corrected chi connectivity index (χ4v) is 2.28. The largest absolute Gasteiger partial charge is 0.384 e. The van der Waals surface area contributed by atoms with E-state index in [9.17, 15) is 0 Å². The number of nitrogens with two attached hydrogens (primary N) is 1. The van der Waals surface area contributed by atoms with Gasteiger partial charge in [0, 0.05) is 12.2 Å². The number of nitrogens with one attached hydrogen (secondary N) is 1. The number of hydrogen-bond acceptors (Lipinski definition) is 5. The van der Waals surface area contributed by atoms with Gasteiger partial charge in [0.05, 0.1) is 6.54 Å². The van der Waals surface area contributed by atoms with Crippen LogP contribution in [-0.2, 0) is 6.54 Å². The summed E-state index contributed by atoms with van der Waals surface area (Å²) in [4.78, 5) is 10.8. The molecule has 0 bridgehead atoms. The molecule has 2 rings (SSSR count). The van der Waals surface area contributed by atoms with Crippen LogP contribution in [0.3, 0.4) is 0 Å². The lowest BCUT2D eigenvalue weighted by Gasteiger charge is -2.26. The molecule has 1 saturated heterocycles. The van der Waals surface area contributed by atoms with Crippen molar-refractivity contribution in [1.29, 1.82) is 0 Å². The van der Waals surface area contributed by atoms with Crippen molar-refractivity contribution in [1.82, 2.24) is 20.2 Å². The van der Waals surface area contributed by atoms with Gasteiger partial charge in [0.25, 0.3) is 0 Å². The van der Waals surface area contributed by atoms with Gasteiger partial charge in [-0.15, -0.1) is 37.2 Å². The molecule has 1 aromatic heterocycles. The maximum absolute atomic E-state index is 5.66. The molecule has 1 aliphatic heterocycles. The van der Waals surface area contributed by atoms with Crippen molar-refractivity contribution in [2.24, 2.45) is 0 Å². The molecule has 0 aromatic carbocycles. The fraction of sp³-hybridized carbons (Fsp3) is 0.667. The number of nitrogen functional groups attached to an aromatic ring is 1. The first-order valence-electron chi connectivity index (χ1n) is 6.24. The highest BCUT2D eigenvalue weighted by molar-refractivity contribution is 5.86. The maximum Gasteiger partial charge on any atom is 0.144 e. The number of hydrogen-bond donors (Lipinski definition) is 2. The summed E-state index contributed by atoms with van der Waals surface area (Å²) in [5.74, 6) is 1.36. The highest BCUT2D eigenvalue weighted by atomic mass is 35.5. The van der Waals surface area contributed by atoms with E-state index in [0.717, 1.165) is 25.5 Å². The summed E-state index contributed by atoms with van der Waals surface area (Å²) < 4.78 is 0. The van der Waals surface area contributed by atoms with Crippen LogP contribution < -0.4 is 11.1 Å². The highest BCUT2D eigenvalue weighted by Crippen LogP contribution is 2.13. The average molecular weight is 345 g/mol. The van der Waals surface area contributed by atoms with Crippen molar-refractivity contribution in [2.75, 3.05) is 25.9 Å². The molecule has 1 aromatic rings. The zero-order valence-corrected chi connectivity index (χ0v) is 14.1. The van der Waals surface area contributed by atoms with Crippen molar-refractivity contribution in [3.05, 3.63) is 18.1 Å². The topological polar surface area (TPSA) is 67.1 Å². The molecule has 3 N–H and O–H groups in total. The van der Waals surface area contributed by atoms with Crippen molar-refractivity contribution < 1.29 is 0 Å². The van der Waals surface area contributed by atoms with E-state index in [-0.39, 0.29) is 37.2 Å². The minimum atomic E-state index is 0. The molecule has 1 unspecified atom stereocenters. The standard InChI is InChI=1S/C12H21N5.3ClH/c1-17(10-3-2-6-14-7-4-10)9-12-15-8-5-11(13)16-12;;;/h5,8,10,14H,2-4,6-7,9H2,1H3,(H2,13,15,16);3*1H. The molecule has 0 radical (unpaired) electrons. The quantitative estimate of drug-likeness (QED) is 0.876. The molecule has 2 heterocycles. The second kappa shape index (κ2) is 11.3. The monoisotopic (exact) mass is 343 g/mol. The predicted molar refractivity (Wildman–Crippen MR) is 90.2 cm³/mol. The fourth-order valence-electron chi connectivity index (χ4n) is 2.28. The number of nitrogens with zero attached hydrogens (tertiary/aromatic N) is 3. The lowest BCUT2D eigenvalue weighted by molar-refractivity contribution is 0.212. The molecular weight excluding hydrogens is 321 g/mol. The molecular formula is C12H24Cl3N5. The summed E-state index contributed by atoms with van der Waals surface area (Å²) in [7, 11) is 2.14. The number of halogens is 3. The van der Waals surface area contributed by atoms with E-state index in [4.69, 9.17) is 5.73 Å². The van der Waals surface area contributed by atoms with Crippen LogP contribution in [0.1, 0.15) is 25.1 Å². The van der Waals surface area contributed by atoms with E-state index in [1.165, 1.54) is 19.3 Å². The van der Waals surface area contributed by atoms with Crippen LogP contribution in [-0.4, -0.2) is 41.0 Å². The van der Waals surface area contributed by atoms with Gasteiger partial charge in [0.2, 0.25) is 0 Å². The second-order valence-electron chi connectivity index (χ2n) is 4.65. The summed E-state index contributed by atoms with van der Waals surface area (Å²) in [5.41, 5.74) is 5.66. The van der Waals surface area contributed by atoms with E-state index < -0.39 is 0 Å². The molecule has 1 fully saturated rings. The van der Waals surface area contributed by atoms with Crippen LogP contribution in [0.25, 0.3) is 0 Å². The Bertz CT molecular complexity index is 359. The summed E-state index contributed by atoms with van der Waals surface area (Å²) in [6.45, 7) is 3.02. The Morgan fingerprint density at radius 3 is 2.75 bits per heavy atom. The first-order chi connectivity index (χ1) is 8.25. The van der Waals surface area contributed by atoms with E-state index >= 15 is 0 Å². The van der Waals surface area contributed by atoms with E-state index in [1.807, 2.05) is 0 Å². The number of rotatable bonds is 3. The first kappa shape index (κ1) is 22.0. The van der Waals surface area contributed by atoms with Gasteiger partial charge >= 0.3 is 0 Å². The lowest BCUT2D eigenvalue weighted by atomic mass is 10.1. The molecule has 1 atom stereocenters. The first-order valence-corrected chi connectivity index (χ1v) is 6.24. The van der Waals surface area contributed by atoms with Gasteiger partial charge in [-0.1, -0.05) is 0 Å². The third-order valence-corrected chi connectivity index (χ3v) is 3.29. The van der Waals surface area contributed by atoms with Crippen LogP contribution in [0.4, 0.5) is 5.82 Å². The molecule has 118 valence electrons. The van der Waals surface area contributed by atoms with Gasteiger partial charge in [-0.05, 0) is 45.5 Å². The zero-order valence-electron chi connectivity index (χ0n) is 11.6. The lowest BCUT2D eigenvalue weighted by Crippen LogP contribution is -2.32.